The van der Waals surface area contributed by atoms with E-state index >= 15 is 0 Å². The van der Waals surface area contributed by atoms with Crippen LogP contribution < -0.4 is 5.56 Å². The SMILES string of the molecule is COC[C@H]1CCCN1C(=O)c1cc(-c2ccccc2)c(=O)[nH]c1-c1c(Cl)cccc1C#N. The Morgan fingerprint density at radius 3 is 2.75 bits per heavy atom. The Morgan fingerprint density at radius 1 is 1.25 bits per heavy atom. The van der Waals surface area contributed by atoms with E-state index in [-0.39, 0.29) is 33.8 Å². The molecule has 1 N–H and O–H groups in total. The van der Waals surface area contributed by atoms with E-state index in [4.69, 9.17) is 16.3 Å². The van der Waals surface area contributed by atoms with E-state index < -0.39 is 0 Å². The Kier molecular flexibility index (Phi) is 6.40. The lowest BCUT2D eigenvalue weighted by Gasteiger charge is -2.25. The Balaban J connectivity index is 1.95. The molecule has 1 atom stereocenters. The maximum absolute atomic E-state index is 13.8. The molecule has 162 valence electrons. The van der Waals surface area contributed by atoms with Crippen LogP contribution in [0.5, 0.6) is 0 Å². The van der Waals surface area contributed by atoms with E-state index in [0.29, 0.717) is 35.4 Å². The van der Waals surface area contributed by atoms with E-state index in [9.17, 15) is 14.9 Å². The zero-order chi connectivity index (χ0) is 22.7. The first-order valence-corrected chi connectivity index (χ1v) is 10.7. The van der Waals surface area contributed by atoms with Crippen LogP contribution in [-0.2, 0) is 4.74 Å². The molecule has 6 nitrogen and oxygen atoms in total. The Bertz CT molecular complexity index is 1250. The topological polar surface area (TPSA) is 86.2 Å². The number of benzene rings is 2. The smallest absolute Gasteiger partial charge is 0.256 e. The molecule has 0 saturated carbocycles. The second-order valence-corrected chi connectivity index (χ2v) is 8.10. The number of halogens is 1. The molecule has 32 heavy (non-hydrogen) atoms. The molecule has 1 fully saturated rings. The van der Waals surface area contributed by atoms with E-state index in [1.165, 1.54) is 0 Å². The van der Waals surface area contributed by atoms with E-state index in [1.807, 2.05) is 30.3 Å². The number of amides is 1. The highest BCUT2D eigenvalue weighted by atomic mass is 35.5. The molecule has 2 heterocycles. The van der Waals surface area contributed by atoms with E-state index in [0.717, 1.165) is 12.8 Å². The number of rotatable bonds is 5. The summed E-state index contributed by atoms with van der Waals surface area (Å²) in [6, 6.07) is 17.8. The molecule has 0 radical (unpaired) electrons. The molecule has 2 aromatic carbocycles. The van der Waals surface area contributed by atoms with Gasteiger partial charge in [-0.05, 0) is 36.6 Å². The van der Waals surface area contributed by atoms with Crippen molar-refractivity contribution >= 4 is 17.5 Å². The van der Waals surface area contributed by atoms with Gasteiger partial charge in [0.25, 0.3) is 11.5 Å². The van der Waals surface area contributed by atoms with Gasteiger partial charge < -0.3 is 14.6 Å². The summed E-state index contributed by atoms with van der Waals surface area (Å²) in [7, 11) is 1.61. The van der Waals surface area contributed by atoms with Crippen molar-refractivity contribution < 1.29 is 9.53 Å². The third kappa shape index (κ3) is 4.05. The highest BCUT2D eigenvalue weighted by Gasteiger charge is 2.32. The fourth-order valence-electron chi connectivity index (χ4n) is 4.22. The molecule has 1 aromatic heterocycles. The minimum Gasteiger partial charge on any atom is -0.383 e. The third-order valence-corrected chi connectivity index (χ3v) is 6.05. The second kappa shape index (κ2) is 9.39. The van der Waals surface area contributed by atoms with Gasteiger partial charge in [-0.3, -0.25) is 9.59 Å². The van der Waals surface area contributed by atoms with Crippen LogP contribution in [0.15, 0.2) is 59.4 Å². The molecule has 0 aliphatic carbocycles. The van der Waals surface area contributed by atoms with Crippen molar-refractivity contribution in [3.8, 4) is 28.5 Å². The van der Waals surface area contributed by atoms with Crippen LogP contribution in [0, 0.1) is 11.3 Å². The quantitative estimate of drug-likeness (QED) is 0.624. The summed E-state index contributed by atoms with van der Waals surface area (Å²) in [6.45, 7) is 1.03. The maximum atomic E-state index is 13.8. The fraction of sp³-hybridized carbons (Fsp3) is 0.240. The highest BCUT2D eigenvalue weighted by Crippen LogP contribution is 2.34. The first-order valence-electron chi connectivity index (χ1n) is 10.4. The predicted molar refractivity (Wildman–Crippen MR) is 124 cm³/mol. The number of nitrogens with zero attached hydrogens (tertiary/aromatic N) is 2. The summed E-state index contributed by atoms with van der Waals surface area (Å²) >= 11 is 6.45. The standard InChI is InChI=1S/C25H22ClN3O3/c1-32-15-18-10-6-12-29(18)25(31)20-13-19(16-7-3-2-4-8-16)24(30)28-23(20)22-17(14-27)9-5-11-21(22)26/h2-5,7-9,11,13,18H,6,10,12,15H2,1H3,(H,28,30)/t18-/m1/s1. The van der Waals surface area contributed by atoms with Crippen LogP contribution in [0.1, 0.15) is 28.8 Å². The van der Waals surface area contributed by atoms with Crippen LogP contribution in [0.3, 0.4) is 0 Å². The van der Waals surface area contributed by atoms with Gasteiger partial charge in [-0.15, -0.1) is 0 Å². The van der Waals surface area contributed by atoms with Crippen LogP contribution in [0.4, 0.5) is 0 Å². The van der Waals surface area contributed by atoms with Gasteiger partial charge >= 0.3 is 0 Å². The number of hydrogen-bond donors (Lipinski definition) is 1. The number of carbonyl (C=O) groups excluding carboxylic acids is 1. The number of carbonyl (C=O) groups is 1. The normalized spacial score (nSPS) is 15.5. The first-order chi connectivity index (χ1) is 15.5. The Morgan fingerprint density at radius 2 is 2.03 bits per heavy atom. The lowest BCUT2D eigenvalue weighted by Crippen LogP contribution is -2.38. The molecule has 0 spiro atoms. The number of nitriles is 1. The number of hydrogen-bond acceptors (Lipinski definition) is 4. The number of aromatic nitrogens is 1. The Hall–Kier alpha value is -3.40. The van der Waals surface area contributed by atoms with Crippen LogP contribution >= 0.6 is 11.6 Å². The van der Waals surface area contributed by atoms with Gasteiger partial charge in [0.1, 0.15) is 0 Å². The average molecular weight is 448 g/mol. The number of aromatic amines is 1. The monoisotopic (exact) mass is 447 g/mol. The van der Waals surface area contributed by atoms with Gasteiger partial charge in [-0.25, -0.2) is 0 Å². The van der Waals surface area contributed by atoms with Gasteiger partial charge in [0.15, 0.2) is 0 Å². The van der Waals surface area contributed by atoms with Crippen LogP contribution in [-0.4, -0.2) is 42.1 Å². The van der Waals surface area contributed by atoms with Crippen molar-refractivity contribution in [2.75, 3.05) is 20.3 Å². The molecule has 4 rings (SSSR count). The summed E-state index contributed by atoms with van der Waals surface area (Å²) < 4.78 is 5.31. The number of methoxy groups -OCH3 is 1. The number of pyridine rings is 1. The lowest BCUT2D eigenvalue weighted by molar-refractivity contribution is 0.0631. The summed E-state index contributed by atoms with van der Waals surface area (Å²) in [5.41, 5.74) is 1.90. The van der Waals surface area contributed by atoms with Crippen molar-refractivity contribution in [1.29, 1.82) is 5.26 Å². The van der Waals surface area contributed by atoms with Crippen molar-refractivity contribution in [3.05, 3.63) is 81.1 Å². The van der Waals surface area contributed by atoms with Crippen molar-refractivity contribution in [3.63, 3.8) is 0 Å². The van der Waals surface area contributed by atoms with Gasteiger partial charge in [-0.1, -0.05) is 48.0 Å². The summed E-state index contributed by atoms with van der Waals surface area (Å²) in [5.74, 6) is -0.225. The molecule has 0 bridgehead atoms. The minimum absolute atomic E-state index is 0.0471. The second-order valence-electron chi connectivity index (χ2n) is 7.69. The summed E-state index contributed by atoms with van der Waals surface area (Å²) in [6.07, 6.45) is 1.72. The molecule has 0 unspecified atom stereocenters. The molecule has 1 aliphatic heterocycles. The van der Waals surface area contributed by atoms with Crippen LogP contribution in [0.25, 0.3) is 22.4 Å². The predicted octanol–water partition coefficient (Wildman–Crippen LogP) is 4.48. The number of likely N-dealkylation sites (tertiary alicyclic amines) is 1. The molecule has 1 saturated heterocycles. The molecule has 3 aromatic rings. The largest absolute Gasteiger partial charge is 0.383 e. The fourth-order valence-corrected chi connectivity index (χ4v) is 4.49. The maximum Gasteiger partial charge on any atom is 0.256 e. The van der Waals surface area contributed by atoms with E-state index in [1.54, 1.807) is 36.3 Å². The molecular weight excluding hydrogens is 426 g/mol. The number of nitrogens with one attached hydrogen (secondary N) is 1. The molecule has 1 aliphatic rings. The molecule has 7 heteroatoms. The number of ether oxygens (including phenoxy) is 1. The van der Waals surface area contributed by atoms with Gasteiger partial charge in [0.2, 0.25) is 0 Å². The van der Waals surface area contributed by atoms with Crippen molar-refractivity contribution in [2.24, 2.45) is 0 Å². The third-order valence-electron chi connectivity index (χ3n) is 5.74. The average Bonchev–Trinajstić information content (AvgIpc) is 3.27. The molecular formula is C25H22ClN3O3. The van der Waals surface area contributed by atoms with E-state index in [2.05, 4.69) is 11.1 Å². The van der Waals surface area contributed by atoms with Gasteiger partial charge in [-0.2, -0.15) is 5.26 Å². The number of H-pyrrole nitrogens is 1. The Labute approximate surface area is 191 Å². The first kappa shape index (κ1) is 21.8. The summed E-state index contributed by atoms with van der Waals surface area (Å²) in [5, 5.41) is 9.93. The zero-order valence-corrected chi connectivity index (χ0v) is 18.4. The minimum atomic E-state index is -0.360. The van der Waals surface area contributed by atoms with Crippen molar-refractivity contribution in [2.45, 2.75) is 18.9 Å². The van der Waals surface area contributed by atoms with Gasteiger partial charge in [0, 0.05) is 24.8 Å². The molecule has 1 amide bonds. The highest BCUT2D eigenvalue weighted by molar-refractivity contribution is 6.33. The van der Waals surface area contributed by atoms with Crippen molar-refractivity contribution in [1.82, 2.24) is 9.88 Å². The lowest BCUT2D eigenvalue weighted by atomic mass is 9.96. The van der Waals surface area contributed by atoms with Crippen LogP contribution in [0.2, 0.25) is 5.02 Å². The summed E-state index contributed by atoms with van der Waals surface area (Å²) in [4.78, 5) is 31.4. The van der Waals surface area contributed by atoms with Gasteiger partial charge in [0.05, 0.1) is 40.6 Å². The zero-order valence-electron chi connectivity index (χ0n) is 17.6.